The first-order chi connectivity index (χ1) is 21.6. The molecule has 0 bridgehead atoms. The van der Waals surface area contributed by atoms with E-state index in [1.807, 2.05) is 26.0 Å². The average molecular weight is 614 g/mol. The van der Waals surface area contributed by atoms with Gasteiger partial charge in [0.2, 0.25) is 0 Å². The van der Waals surface area contributed by atoms with Crippen molar-refractivity contribution < 1.29 is 9.53 Å². The van der Waals surface area contributed by atoms with Gasteiger partial charge in [-0.05, 0) is 100 Å². The van der Waals surface area contributed by atoms with Crippen LogP contribution in [0.15, 0.2) is 47.3 Å². The molecule has 8 heteroatoms. The summed E-state index contributed by atoms with van der Waals surface area (Å²) in [6.45, 7) is 20.2. The van der Waals surface area contributed by atoms with Crippen LogP contribution >= 0.6 is 0 Å². The summed E-state index contributed by atoms with van der Waals surface area (Å²) < 4.78 is 5.51. The Morgan fingerprint density at radius 1 is 1.00 bits per heavy atom. The molecule has 2 fully saturated rings. The second-order valence-electron chi connectivity index (χ2n) is 13.0. The Labute approximate surface area is 268 Å². The number of likely N-dealkylation sites (tertiary alicyclic amines) is 1. The average Bonchev–Trinajstić information content (AvgIpc) is 3.02. The fraction of sp³-hybridized carbons (Fsp3) is 0.514. The predicted octanol–water partition coefficient (Wildman–Crippen LogP) is 5.43. The highest BCUT2D eigenvalue weighted by Crippen LogP contribution is 2.34. The largest absolute Gasteiger partial charge is 0.379 e. The summed E-state index contributed by atoms with van der Waals surface area (Å²) in [5, 5.41) is 3.07. The smallest absolute Gasteiger partial charge is 0.253 e. The van der Waals surface area contributed by atoms with E-state index in [4.69, 9.17) is 4.74 Å². The number of carbonyl (C=O) groups excluding carboxylic acids is 1. The van der Waals surface area contributed by atoms with Crippen molar-refractivity contribution in [2.45, 2.75) is 79.6 Å². The first-order valence-corrected chi connectivity index (χ1v) is 16.7. The molecule has 3 aromatic rings. The van der Waals surface area contributed by atoms with Crippen LogP contribution in [0.1, 0.15) is 71.9 Å². The van der Waals surface area contributed by atoms with Crippen LogP contribution in [0.2, 0.25) is 0 Å². The lowest BCUT2D eigenvalue weighted by molar-refractivity contribution is 0.0342. The highest BCUT2D eigenvalue weighted by atomic mass is 16.5. The second-order valence-corrected chi connectivity index (χ2v) is 13.0. The Morgan fingerprint density at radius 3 is 2.31 bits per heavy atom. The van der Waals surface area contributed by atoms with Gasteiger partial charge in [-0.25, -0.2) is 0 Å². The number of amides is 1. The standard InChI is InChI=1S/C37H51N5O3/c1-7-42(32-12-14-41(15-13-32)25(2)3)35-22-31(30-10-8-29(9-11-30)24-40-16-18-45-19-17-40)21-33(28(35)6)36(43)38-23-34-26(4)20-27(5)39-37(34)44/h8-11,20-22,25,32H,7,12-19,23-24H2,1-6H3,(H,38,43)(H,39,44). The molecule has 2 saturated heterocycles. The second kappa shape index (κ2) is 14.8. The molecule has 2 aliphatic heterocycles. The third-order valence-corrected chi connectivity index (χ3v) is 9.66. The van der Waals surface area contributed by atoms with Gasteiger partial charge in [0.05, 0.1) is 13.2 Å². The monoisotopic (exact) mass is 613 g/mol. The number of pyridine rings is 1. The van der Waals surface area contributed by atoms with Gasteiger partial charge in [-0.1, -0.05) is 24.3 Å². The lowest BCUT2D eigenvalue weighted by Gasteiger charge is -2.41. The van der Waals surface area contributed by atoms with E-state index in [0.717, 1.165) is 99.0 Å². The van der Waals surface area contributed by atoms with Gasteiger partial charge >= 0.3 is 0 Å². The van der Waals surface area contributed by atoms with E-state index in [0.29, 0.717) is 23.2 Å². The number of aryl methyl sites for hydroxylation is 2. The fourth-order valence-electron chi connectivity index (χ4n) is 6.92. The van der Waals surface area contributed by atoms with Gasteiger partial charge in [0.15, 0.2) is 0 Å². The topological polar surface area (TPSA) is 80.9 Å². The number of carbonyl (C=O) groups is 1. The van der Waals surface area contributed by atoms with E-state index in [1.165, 1.54) is 5.56 Å². The summed E-state index contributed by atoms with van der Waals surface area (Å²) in [5.74, 6) is -0.162. The normalized spacial score (nSPS) is 16.7. The molecule has 242 valence electrons. The fourth-order valence-corrected chi connectivity index (χ4v) is 6.92. The van der Waals surface area contributed by atoms with Gasteiger partial charge in [-0.3, -0.25) is 14.5 Å². The molecule has 45 heavy (non-hydrogen) atoms. The summed E-state index contributed by atoms with van der Waals surface area (Å²) in [7, 11) is 0. The van der Waals surface area contributed by atoms with Crippen LogP contribution < -0.4 is 15.8 Å². The number of H-pyrrole nitrogens is 1. The number of anilines is 1. The first-order valence-electron chi connectivity index (χ1n) is 16.7. The molecule has 3 heterocycles. The first kappa shape index (κ1) is 32.9. The van der Waals surface area contributed by atoms with Crippen LogP contribution in [0.25, 0.3) is 11.1 Å². The van der Waals surface area contributed by atoms with Crippen molar-refractivity contribution in [3.8, 4) is 11.1 Å². The highest BCUT2D eigenvalue weighted by molar-refractivity contribution is 5.99. The molecule has 2 N–H and O–H groups in total. The molecular weight excluding hydrogens is 562 g/mol. The van der Waals surface area contributed by atoms with E-state index < -0.39 is 0 Å². The van der Waals surface area contributed by atoms with Gasteiger partial charge in [0.1, 0.15) is 0 Å². The van der Waals surface area contributed by atoms with Gasteiger partial charge in [0.25, 0.3) is 11.5 Å². The number of aromatic amines is 1. The van der Waals surface area contributed by atoms with Crippen LogP contribution in [-0.2, 0) is 17.8 Å². The molecule has 0 radical (unpaired) electrons. The molecule has 2 aromatic carbocycles. The zero-order chi connectivity index (χ0) is 32.1. The lowest BCUT2D eigenvalue weighted by Crippen LogP contribution is -2.47. The number of rotatable bonds is 10. The number of nitrogens with one attached hydrogen (secondary N) is 2. The molecule has 0 unspecified atom stereocenters. The molecule has 0 saturated carbocycles. The van der Waals surface area contributed by atoms with Gasteiger partial charge < -0.3 is 24.8 Å². The summed E-state index contributed by atoms with van der Waals surface area (Å²) >= 11 is 0. The third kappa shape index (κ3) is 7.86. The summed E-state index contributed by atoms with van der Waals surface area (Å²) in [6, 6.07) is 16.0. The van der Waals surface area contributed by atoms with E-state index in [-0.39, 0.29) is 18.0 Å². The van der Waals surface area contributed by atoms with Gasteiger partial charge in [-0.2, -0.15) is 0 Å². The number of piperidine rings is 1. The van der Waals surface area contributed by atoms with E-state index in [2.05, 4.69) is 83.0 Å². The van der Waals surface area contributed by atoms with Crippen molar-refractivity contribution >= 4 is 11.6 Å². The van der Waals surface area contributed by atoms with E-state index in [9.17, 15) is 9.59 Å². The molecule has 1 aromatic heterocycles. The minimum Gasteiger partial charge on any atom is -0.379 e. The van der Waals surface area contributed by atoms with E-state index >= 15 is 0 Å². The quantitative estimate of drug-likeness (QED) is 0.318. The third-order valence-electron chi connectivity index (χ3n) is 9.66. The van der Waals surface area contributed by atoms with Crippen LogP contribution in [-0.4, -0.2) is 78.7 Å². The van der Waals surface area contributed by atoms with Crippen LogP contribution in [0.5, 0.6) is 0 Å². The van der Waals surface area contributed by atoms with Gasteiger partial charge in [-0.15, -0.1) is 0 Å². The highest BCUT2D eigenvalue weighted by Gasteiger charge is 2.28. The molecule has 8 nitrogen and oxygen atoms in total. The Bertz CT molecular complexity index is 1520. The maximum absolute atomic E-state index is 13.9. The van der Waals surface area contributed by atoms with Crippen molar-refractivity contribution in [1.29, 1.82) is 0 Å². The molecule has 0 atom stereocenters. The summed E-state index contributed by atoms with van der Waals surface area (Å²) in [6.07, 6.45) is 2.20. The SMILES string of the molecule is CCN(c1cc(-c2ccc(CN3CCOCC3)cc2)cc(C(=O)NCc2c(C)cc(C)[nH]c2=O)c1C)C1CCN(C(C)C)CC1. The Hall–Kier alpha value is -3.46. The van der Waals surface area contributed by atoms with Gasteiger partial charge in [0, 0.05) is 80.4 Å². The predicted molar refractivity (Wildman–Crippen MR) is 183 cm³/mol. The van der Waals surface area contributed by atoms with Crippen LogP contribution in [0, 0.1) is 20.8 Å². The Balaban J connectivity index is 1.46. The maximum atomic E-state index is 13.9. The lowest BCUT2D eigenvalue weighted by atomic mass is 9.94. The number of nitrogens with zero attached hydrogens (tertiary/aromatic N) is 3. The number of ether oxygens (including phenoxy) is 1. The van der Waals surface area contributed by atoms with E-state index in [1.54, 1.807) is 0 Å². The molecular formula is C37H51N5O3. The maximum Gasteiger partial charge on any atom is 0.253 e. The molecule has 1 amide bonds. The van der Waals surface area contributed by atoms with Crippen molar-refractivity contribution in [3.63, 3.8) is 0 Å². The summed E-state index contributed by atoms with van der Waals surface area (Å²) in [4.78, 5) is 36.9. The van der Waals surface area contributed by atoms with Crippen LogP contribution in [0.4, 0.5) is 5.69 Å². The van der Waals surface area contributed by atoms with Crippen molar-refractivity contribution in [1.82, 2.24) is 20.1 Å². The van der Waals surface area contributed by atoms with Crippen molar-refractivity contribution in [2.75, 3.05) is 50.8 Å². The van der Waals surface area contributed by atoms with Crippen LogP contribution in [0.3, 0.4) is 0 Å². The number of aromatic nitrogens is 1. The number of benzene rings is 2. The number of morpholine rings is 1. The minimum absolute atomic E-state index is 0.152. The minimum atomic E-state index is -0.162. The molecule has 5 rings (SSSR count). The Morgan fingerprint density at radius 2 is 1.69 bits per heavy atom. The zero-order valence-electron chi connectivity index (χ0n) is 28.0. The summed E-state index contributed by atoms with van der Waals surface area (Å²) in [5.41, 5.74) is 8.27. The zero-order valence-corrected chi connectivity index (χ0v) is 28.0. The number of hydrogen-bond acceptors (Lipinski definition) is 6. The molecule has 0 aliphatic carbocycles. The van der Waals surface area contributed by atoms with Crippen molar-refractivity contribution in [2.24, 2.45) is 0 Å². The van der Waals surface area contributed by atoms with Crippen molar-refractivity contribution in [3.05, 3.63) is 86.3 Å². The molecule has 2 aliphatic rings. The molecule has 0 spiro atoms. The number of hydrogen-bond donors (Lipinski definition) is 2. The Kier molecular flexibility index (Phi) is 10.8.